The lowest BCUT2D eigenvalue weighted by Crippen LogP contribution is -2.13. The molecule has 0 saturated heterocycles. The van der Waals surface area contributed by atoms with Gasteiger partial charge in [0.2, 0.25) is 0 Å². The molecule has 0 radical (unpaired) electrons. The SMILES string of the molecule is CC#CCOc1ccccc1C(=O)Nc1ccccc1. The fourth-order valence-electron chi connectivity index (χ4n) is 1.69. The van der Waals surface area contributed by atoms with Crippen molar-refractivity contribution in [3.05, 3.63) is 60.2 Å². The number of hydrogen-bond acceptors (Lipinski definition) is 2. The summed E-state index contributed by atoms with van der Waals surface area (Å²) in [5.74, 6) is 5.89. The van der Waals surface area contributed by atoms with Gasteiger partial charge in [0.05, 0.1) is 5.56 Å². The Morgan fingerprint density at radius 1 is 1.10 bits per heavy atom. The molecule has 0 aliphatic heterocycles. The van der Waals surface area contributed by atoms with E-state index in [1.54, 1.807) is 25.1 Å². The predicted molar refractivity (Wildman–Crippen MR) is 79.8 cm³/mol. The van der Waals surface area contributed by atoms with Gasteiger partial charge in [-0.2, -0.15) is 0 Å². The van der Waals surface area contributed by atoms with Gasteiger partial charge < -0.3 is 10.1 Å². The van der Waals surface area contributed by atoms with E-state index in [0.29, 0.717) is 11.3 Å². The second-order valence-electron chi connectivity index (χ2n) is 4.03. The van der Waals surface area contributed by atoms with E-state index in [1.807, 2.05) is 36.4 Å². The topological polar surface area (TPSA) is 38.3 Å². The van der Waals surface area contributed by atoms with Crippen molar-refractivity contribution >= 4 is 11.6 Å². The minimum Gasteiger partial charge on any atom is -0.480 e. The molecule has 100 valence electrons. The molecule has 0 unspecified atom stereocenters. The van der Waals surface area contributed by atoms with Gasteiger partial charge >= 0.3 is 0 Å². The number of amides is 1. The highest BCUT2D eigenvalue weighted by Crippen LogP contribution is 2.19. The van der Waals surface area contributed by atoms with Crippen LogP contribution in [0.3, 0.4) is 0 Å². The fraction of sp³-hybridized carbons (Fsp3) is 0.118. The van der Waals surface area contributed by atoms with E-state index >= 15 is 0 Å². The molecule has 0 bridgehead atoms. The van der Waals surface area contributed by atoms with E-state index in [9.17, 15) is 4.79 Å². The predicted octanol–water partition coefficient (Wildman–Crippen LogP) is 3.34. The first kappa shape index (κ1) is 13.7. The Hall–Kier alpha value is -2.73. The zero-order valence-corrected chi connectivity index (χ0v) is 11.2. The van der Waals surface area contributed by atoms with Crippen molar-refractivity contribution in [2.24, 2.45) is 0 Å². The quantitative estimate of drug-likeness (QED) is 0.861. The number of nitrogens with one attached hydrogen (secondary N) is 1. The van der Waals surface area contributed by atoms with Gasteiger partial charge in [0, 0.05) is 5.69 Å². The summed E-state index contributed by atoms with van der Waals surface area (Å²) >= 11 is 0. The molecule has 2 aromatic carbocycles. The number of para-hydroxylation sites is 2. The number of benzene rings is 2. The zero-order valence-electron chi connectivity index (χ0n) is 11.2. The van der Waals surface area contributed by atoms with Crippen LogP contribution in [0.2, 0.25) is 0 Å². The third-order valence-corrected chi connectivity index (χ3v) is 2.64. The fourth-order valence-corrected chi connectivity index (χ4v) is 1.69. The van der Waals surface area contributed by atoms with Gasteiger partial charge in [-0.15, -0.1) is 5.92 Å². The second kappa shape index (κ2) is 7.01. The molecule has 0 saturated carbocycles. The number of ether oxygens (including phenoxy) is 1. The maximum atomic E-state index is 12.2. The molecule has 20 heavy (non-hydrogen) atoms. The summed E-state index contributed by atoms with van der Waals surface area (Å²) < 4.78 is 5.50. The van der Waals surface area contributed by atoms with Crippen LogP contribution in [0.25, 0.3) is 0 Å². The van der Waals surface area contributed by atoms with Crippen molar-refractivity contribution in [3.8, 4) is 17.6 Å². The van der Waals surface area contributed by atoms with Gasteiger partial charge in [-0.3, -0.25) is 4.79 Å². The van der Waals surface area contributed by atoms with Crippen LogP contribution in [0.15, 0.2) is 54.6 Å². The van der Waals surface area contributed by atoms with Crippen molar-refractivity contribution in [1.29, 1.82) is 0 Å². The first-order chi connectivity index (χ1) is 9.81. The van der Waals surface area contributed by atoms with Crippen molar-refractivity contribution in [2.45, 2.75) is 6.92 Å². The Morgan fingerprint density at radius 3 is 2.55 bits per heavy atom. The Morgan fingerprint density at radius 2 is 1.80 bits per heavy atom. The van der Waals surface area contributed by atoms with E-state index in [2.05, 4.69) is 17.2 Å². The zero-order chi connectivity index (χ0) is 14.2. The summed E-state index contributed by atoms with van der Waals surface area (Å²) in [5, 5.41) is 2.83. The number of anilines is 1. The summed E-state index contributed by atoms with van der Waals surface area (Å²) in [6.07, 6.45) is 0. The summed E-state index contributed by atoms with van der Waals surface area (Å²) in [6, 6.07) is 16.4. The molecule has 0 spiro atoms. The van der Waals surface area contributed by atoms with Gasteiger partial charge in [-0.1, -0.05) is 36.3 Å². The Kier molecular flexibility index (Phi) is 4.80. The summed E-state index contributed by atoms with van der Waals surface area (Å²) in [7, 11) is 0. The standard InChI is InChI=1S/C17H15NO2/c1-2-3-13-20-16-12-8-7-11-15(16)17(19)18-14-9-5-4-6-10-14/h4-12H,13H2,1H3,(H,18,19). The van der Waals surface area contributed by atoms with Crippen LogP contribution in [-0.2, 0) is 0 Å². The minimum atomic E-state index is -0.198. The molecule has 1 N–H and O–H groups in total. The average molecular weight is 265 g/mol. The molecule has 1 amide bonds. The minimum absolute atomic E-state index is 0.198. The molecule has 3 heteroatoms. The van der Waals surface area contributed by atoms with Crippen molar-refractivity contribution in [3.63, 3.8) is 0 Å². The normalized spacial score (nSPS) is 9.25. The summed E-state index contributed by atoms with van der Waals surface area (Å²) in [5.41, 5.74) is 1.25. The molecule has 2 rings (SSSR count). The molecule has 0 fully saturated rings. The second-order valence-corrected chi connectivity index (χ2v) is 4.03. The summed E-state index contributed by atoms with van der Waals surface area (Å²) in [4.78, 5) is 12.2. The van der Waals surface area contributed by atoms with E-state index < -0.39 is 0 Å². The van der Waals surface area contributed by atoms with E-state index in [0.717, 1.165) is 5.69 Å². The van der Waals surface area contributed by atoms with Crippen LogP contribution in [-0.4, -0.2) is 12.5 Å². The smallest absolute Gasteiger partial charge is 0.259 e. The Labute approximate surface area is 118 Å². The number of hydrogen-bond donors (Lipinski definition) is 1. The van der Waals surface area contributed by atoms with Crippen LogP contribution in [0, 0.1) is 11.8 Å². The molecular weight excluding hydrogens is 250 g/mol. The highest BCUT2D eigenvalue weighted by atomic mass is 16.5. The highest BCUT2D eigenvalue weighted by Gasteiger charge is 2.11. The number of rotatable bonds is 4. The monoisotopic (exact) mass is 265 g/mol. The Bertz CT molecular complexity index is 639. The first-order valence-electron chi connectivity index (χ1n) is 6.29. The lowest BCUT2D eigenvalue weighted by molar-refractivity contribution is 0.102. The lowest BCUT2D eigenvalue weighted by Gasteiger charge is -2.10. The van der Waals surface area contributed by atoms with Gasteiger partial charge in [0.25, 0.3) is 5.91 Å². The van der Waals surface area contributed by atoms with E-state index in [1.165, 1.54) is 0 Å². The molecule has 0 aromatic heterocycles. The number of carbonyl (C=O) groups excluding carboxylic acids is 1. The van der Waals surface area contributed by atoms with E-state index in [-0.39, 0.29) is 12.5 Å². The molecule has 2 aromatic rings. The van der Waals surface area contributed by atoms with Crippen LogP contribution in [0.5, 0.6) is 5.75 Å². The molecule has 0 atom stereocenters. The maximum Gasteiger partial charge on any atom is 0.259 e. The van der Waals surface area contributed by atoms with E-state index in [4.69, 9.17) is 4.74 Å². The van der Waals surface area contributed by atoms with Gasteiger partial charge in [-0.05, 0) is 31.2 Å². The van der Waals surface area contributed by atoms with Crippen molar-refractivity contribution < 1.29 is 9.53 Å². The summed E-state index contributed by atoms with van der Waals surface area (Å²) in [6.45, 7) is 2.02. The van der Waals surface area contributed by atoms with Gasteiger partial charge in [0.1, 0.15) is 12.4 Å². The maximum absolute atomic E-state index is 12.2. The first-order valence-corrected chi connectivity index (χ1v) is 6.29. The van der Waals surface area contributed by atoms with Crippen LogP contribution >= 0.6 is 0 Å². The van der Waals surface area contributed by atoms with Crippen LogP contribution in [0.1, 0.15) is 17.3 Å². The van der Waals surface area contributed by atoms with Gasteiger partial charge in [0.15, 0.2) is 0 Å². The molecule has 3 nitrogen and oxygen atoms in total. The third kappa shape index (κ3) is 3.63. The third-order valence-electron chi connectivity index (χ3n) is 2.64. The van der Waals surface area contributed by atoms with Crippen molar-refractivity contribution in [2.75, 3.05) is 11.9 Å². The van der Waals surface area contributed by atoms with Crippen LogP contribution in [0.4, 0.5) is 5.69 Å². The highest BCUT2D eigenvalue weighted by molar-refractivity contribution is 6.06. The lowest BCUT2D eigenvalue weighted by atomic mass is 10.2. The average Bonchev–Trinajstić information content (AvgIpc) is 2.49. The largest absolute Gasteiger partial charge is 0.480 e. The molecule has 0 heterocycles. The molecular formula is C17H15NO2. The molecule has 0 aliphatic carbocycles. The van der Waals surface area contributed by atoms with Gasteiger partial charge in [-0.25, -0.2) is 0 Å². The number of carbonyl (C=O) groups is 1. The van der Waals surface area contributed by atoms with Crippen LogP contribution < -0.4 is 10.1 Å². The Balaban J connectivity index is 2.14. The molecule has 0 aliphatic rings. The van der Waals surface area contributed by atoms with Crippen molar-refractivity contribution in [1.82, 2.24) is 0 Å².